The Bertz CT molecular complexity index is 564. The Morgan fingerprint density at radius 1 is 1.32 bits per heavy atom. The minimum absolute atomic E-state index is 0.0825. The molecule has 1 aromatic rings. The number of carbonyl (C=O) groups excluding carboxylic acids is 1. The van der Waals surface area contributed by atoms with Gasteiger partial charge in [-0.3, -0.25) is 10.2 Å². The quantitative estimate of drug-likeness (QED) is 0.447. The number of rotatable bonds is 6. The Balaban J connectivity index is 2.73. The van der Waals surface area contributed by atoms with Gasteiger partial charge in [-0.15, -0.1) is 0 Å². The zero-order chi connectivity index (χ0) is 14.5. The fraction of sp³-hybridized carbons (Fsp3) is 0.333. The Hall–Kier alpha value is -1.89. The van der Waals surface area contributed by atoms with Crippen LogP contribution >= 0.6 is 0 Å². The van der Waals surface area contributed by atoms with Crippen LogP contribution in [0.3, 0.4) is 0 Å². The summed E-state index contributed by atoms with van der Waals surface area (Å²) in [6, 6.07) is 6.27. The van der Waals surface area contributed by atoms with Crippen LogP contribution in [0.4, 0.5) is 0 Å². The lowest BCUT2D eigenvalue weighted by atomic mass is 10.1. The van der Waals surface area contributed by atoms with Crippen molar-refractivity contribution in [2.75, 3.05) is 12.4 Å². The van der Waals surface area contributed by atoms with Crippen LogP contribution in [0.1, 0.15) is 18.1 Å². The predicted octanol–water partition coefficient (Wildman–Crippen LogP) is 0.449. The lowest BCUT2D eigenvalue weighted by molar-refractivity contribution is -0.139. The molecule has 0 aromatic heterocycles. The maximum atomic E-state index is 11.7. The SMILES string of the molecule is CCOC(=O)CS(=O)(=O)Cc1ccc(C(=N)N)cc1. The molecular weight excluding hydrogens is 268 g/mol. The molecule has 0 heterocycles. The van der Waals surface area contributed by atoms with Gasteiger partial charge in [0.1, 0.15) is 11.6 Å². The van der Waals surface area contributed by atoms with Crippen molar-refractivity contribution in [1.82, 2.24) is 0 Å². The normalized spacial score (nSPS) is 11.0. The van der Waals surface area contributed by atoms with Crippen molar-refractivity contribution in [3.8, 4) is 0 Å². The molecule has 6 nitrogen and oxygen atoms in total. The zero-order valence-corrected chi connectivity index (χ0v) is 11.4. The van der Waals surface area contributed by atoms with Crippen molar-refractivity contribution in [1.29, 1.82) is 5.41 Å². The van der Waals surface area contributed by atoms with Crippen molar-refractivity contribution >= 4 is 21.6 Å². The number of amidine groups is 1. The third kappa shape index (κ3) is 5.09. The molecule has 0 bridgehead atoms. The Morgan fingerprint density at radius 2 is 1.89 bits per heavy atom. The molecule has 0 atom stereocenters. The molecule has 0 saturated carbocycles. The average Bonchev–Trinajstić information content (AvgIpc) is 2.28. The highest BCUT2D eigenvalue weighted by Crippen LogP contribution is 2.09. The van der Waals surface area contributed by atoms with Crippen molar-refractivity contribution in [3.63, 3.8) is 0 Å². The first-order valence-corrected chi connectivity index (χ1v) is 7.45. The van der Waals surface area contributed by atoms with Gasteiger partial charge in [0.05, 0.1) is 12.4 Å². The van der Waals surface area contributed by atoms with E-state index >= 15 is 0 Å². The van der Waals surface area contributed by atoms with E-state index in [0.29, 0.717) is 11.1 Å². The van der Waals surface area contributed by atoms with Crippen LogP contribution in [0.5, 0.6) is 0 Å². The monoisotopic (exact) mass is 284 g/mol. The molecule has 3 N–H and O–H groups in total. The summed E-state index contributed by atoms with van der Waals surface area (Å²) in [5, 5.41) is 7.22. The molecular formula is C12H16N2O4S. The van der Waals surface area contributed by atoms with Crippen LogP contribution < -0.4 is 5.73 Å². The highest BCUT2D eigenvalue weighted by molar-refractivity contribution is 7.91. The number of nitrogens with two attached hydrogens (primary N) is 1. The van der Waals surface area contributed by atoms with E-state index in [4.69, 9.17) is 11.1 Å². The van der Waals surface area contributed by atoms with E-state index in [0.717, 1.165) is 0 Å². The van der Waals surface area contributed by atoms with Crippen molar-refractivity contribution < 1.29 is 17.9 Å². The van der Waals surface area contributed by atoms with Gasteiger partial charge in [-0.2, -0.15) is 0 Å². The third-order valence-electron chi connectivity index (χ3n) is 2.29. The number of carbonyl (C=O) groups is 1. The third-order valence-corrected chi connectivity index (χ3v) is 3.74. The summed E-state index contributed by atoms with van der Waals surface area (Å²) in [4.78, 5) is 11.1. The molecule has 19 heavy (non-hydrogen) atoms. The number of nitrogens with one attached hydrogen (secondary N) is 1. The van der Waals surface area contributed by atoms with Gasteiger partial charge in [-0.1, -0.05) is 24.3 Å². The summed E-state index contributed by atoms with van der Waals surface area (Å²) in [6.45, 7) is 1.77. The Morgan fingerprint density at radius 3 is 2.37 bits per heavy atom. The maximum Gasteiger partial charge on any atom is 0.321 e. The molecule has 1 rings (SSSR count). The lowest BCUT2D eigenvalue weighted by Crippen LogP contribution is -2.20. The van der Waals surface area contributed by atoms with Gasteiger partial charge in [0, 0.05) is 5.56 Å². The van der Waals surface area contributed by atoms with Gasteiger partial charge < -0.3 is 10.5 Å². The molecule has 7 heteroatoms. The van der Waals surface area contributed by atoms with E-state index in [9.17, 15) is 13.2 Å². The molecule has 0 amide bonds. The summed E-state index contributed by atoms with van der Waals surface area (Å²) in [5.41, 5.74) is 6.35. The molecule has 0 aliphatic heterocycles. The first kappa shape index (κ1) is 15.2. The standard InChI is InChI=1S/C12H16N2O4S/c1-2-18-11(15)8-19(16,17)7-9-3-5-10(6-4-9)12(13)14/h3-6H,2,7-8H2,1H3,(H3,13,14). The molecule has 0 fully saturated rings. The van der Waals surface area contributed by atoms with E-state index in [1.165, 1.54) is 0 Å². The molecule has 104 valence electrons. The fourth-order valence-corrected chi connectivity index (χ4v) is 2.71. The van der Waals surface area contributed by atoms with Crippen molar-refractivity contribution in [2.24, 2.45) is 5.73 Å². The largest absolute Gasteiger partial charge is 0.465 e. The van der Waals surface area contributed by atoms with Crippen LogP contribution in [-0.2, 0) is 25.1 Å². The van der Waals surface area contributed by atoms with Gasteiger partial charge >= 0.3 is 5.97 Å². The van der Waals surface area contributed by atoms with Gasteiger partial charge in [-0.05, 0) is 12.5 Å². The molecule has 0 spiro atoms. The summed E-state index contributed by atoms with van der Waals surface area (Å²) in [5.74, 6) is -1.71. The van der Waals surface area contributed by atoms with Crippen LogP contribution in [0.2, 0.25) is 0 Å². The molecule has 1 aromatic carbocycles. The number of sulfone groups is 1. The van der Waals surface area contributed by atoms with E-state index in [-0.39, 0.29) is 18.2 Å². The molecule has 0 radical (unpaired) electrons. The molecule has 0 aliphatic rings. The number of esters is 1. The zero-order valence-electron chi connectivity index (χ0n) is 10.5. The predicted molar refractivity (Wildman–Crippen MR) is 71.6 cm³/mol. The minimum Gasteiger partial charge on any atom is -0.465 e. The summed E-state index contributed by atoms with van der Waals surface area (Å²) < 4.78 is 28.1. The van der Waals surface area contributed by atoms with E-state index in [1.807, 2.05) is 0 Å². The average molecular weight is 284 g/mol. The first-order valence-electron chi connectivity index (χ1n) is 5.63. The van der Waals surface area contributed by atoms with Crippen LogP contribution in [0, 0.1) is 5.41 Å². The van der Waals surface area contributed by atoms with Crippen LogP contribution in [-0.4, -0.2) is 32.6 Å². The van der Waals surface area contributed by atoms with Crippen molar-refractivity contribution in [3.05, 3.63) is 35.4 Å². The topological polar surface area (TPSA) is 110 Å². The molecule has 0 saturated heterocycles. The molecule has 0 unspecified atom stereocenters. The number of hydrogen-bond donors (Lipinski definition) is 2. The lowest BCUT2D eigenvalue weighted by Gasteiger charge is -2.05. The minimum atomic E-state index is -3.55. The van der Waals surface area contributed by atoms with Gasteiger partial charge in [-0.25, -0.2) is 8.42 Å². The van der Waals surface area contributed by atoms with Gasteiger partial charge in [0.15, 0.2) is 9.84 Å². The Kier molecular flexibility index (Phi) is 5.05. The van der Waals surface area contributed by atoms with Gasteiger partial charge in [0.2, 0.25) is 0 Å². The second-order valence-electron chi connectivity index (χ2n) is 3.95. The van der Waals surface area contributed by atoms with E-state index in [2.05, 4.69) is 4.74 Å². The van der Waals surface area contributed by atoms with E-state index < -0.39 is 21.6 Å². The smallest absolute Gasteiger partial charge is 0.321 e. The summed E-state index contributed by atoms with van der Waals surface area (Å²) in [7, 11) is -3.55. The maximum absolute atomic E-state index is 11.7. The number of nitrogen functional groups attached to an aromatic ring is 1. The second kappa shape index (κ2) is 6.33. The number of hydrogen-bond acceptors (Lipinski definition) is 5. The second-order valence-corrected chi connectivity index (χ2v) is 6.01. The number of benzene rings is 1. The van der Waals surface area contributed by atoms with E-state index in [1.54, 1.807) is 31.2 Å². The van der Waals surface area contributed by atoms with Crippen LogP contribution in [0.25, 0.3) is 0 Å². The van der Waals surface area contributed by atoms with Gasteiger partial charge in [0.25, 0.3) is 0 Å². The molecule has 0 aliphatic carbocycles. The highest BCUT2D eigenvalue weighted by atomic mass is 32.2. The fourth-order valence-electron chi connectivity index (χ4n) is 1.47. The Labute approximate surface area is 112 Å². The highest BCUT2D eigenvalue weighted by Gasteiger charge is 2.18. The summed E-state index contributed by atoms with van der Waals surface area (Å²) in [6.07, 6.45) is 0. The number of ether oxygens (including phenoxy) is 1. The van der Waals surface area contributed by atoms with Crippen LogP contribution in [0.15, 0.2) is 24.3 Å². The first-order chi connectivity index (χ1) is 8.84. The van der Waals surface area contributed by atoms with Crippen molar-refractivity contribution in [2.45, 2.75) is 12.7 Å². The summed E-state index contributed by atoms with van der Waals surface area (Å²) >= 11 is 0.